The molecule has 1 unspecified atom stereocenters. The maximum Gasteiger partial charge on any atom is 0.260 e. The molecule has 0 bridgehead atoms. The van der Waals surface area contributed by atoms with Crippen LogP contribution in [0, 0.1) is 0 Å². The molecule has 5 rings (SSSR count). The molecule has 1 aliphatic rings. The molecular formula is C20H17N3O2. The Morgan fingerprint density at radius 2 is 2.04 bits per heavy atom. The van der Waals surface area contributed by atoms with E-state index in [0.29, 0.717) is 17.5 Å². The van der Waals surface area contributed by atoms with Gasteiger partial charge in [-0.2, -0.15) is 0 Å². The Bertz CT molecular complexity index is 1200. The molecule has 0 radical (unpaired) electrons. The third kappa shape index (κ3) is 1.93. The number of benzene rings is 1. The van der Waals surface area contributed by atoms with Crippen molar-refractivity contribution >= 4 is 21.7 Å². The lowest BCUT2D eigenvalue weighted by Gasteiger charge is -2.21. The van der Waals surface area contributed by atoms with Crippen LogP contribution in [0.5, 0.6) is 0 Å². The second kappa shape index (κ2) is 5.04. The molecule has 4 aromatic rings. The van der Waals surface area contributed by atoms with Gasteiger partial charge in [-0.15, -0.1) is 0 Å². The van der Waals surface area contributed by atoms with Gasteiger partial charge in [0.1, 0.15) is 0 Å². The fraction of sp³-hybridized carbons (Fsp3) is 0.200. The van der Waals surface area contributed by atoms with Crippen molar-refractivity contribution in [3.8, 4) is 11.4 Å². The minimum Gasteiger partial charge on any atom is -0.389 e. The van der Waals surface area contributed by atoms with Gasteiger partial charge in [0.25, 0.3) is 5.56 Å². The van der Waals surface area contributed by atoms with Gasteiger partial charge in [0.15, 0.2) is 0 Å². The summed E-state index contributed by atoms with van der Waals surface area (Å²) in [6.45, 7) is 2.35. The van der Waals surface area contributed by atoms with Crippen molar-refractivity contribution in [2.45, 2.75) is 26.0 Å². The molecule has 5 heteroatoms. The number of rotatable bonds is 1. The van der Waals surface area contributed by atoms with Gasteiger partial charge in [-0.25, -0.2) is 0 Å². The Morgan fingerprint density at radius 3 is 2.88 bits per heavy atom. The molecule has 124 valence electrons. The third-order valence-electron chi connectivity index (χ3n) is 5.17. The minimum absolute atomic E-state index is 0.0493. The van der Waals surface area contributed by atoms with Gasteiger partial charge in [-0.05, 0) is 36.4 Å². The summed E-state index contributed by atoms with van der Waals surface area (Å²) in [5.41, 5.74) is 4.84. The number of pyridine rings is 2. The molecule has 0 amide bonds. The smallest absolute Gasteiger partial charge is 0.260 e. The summed E-state index contributed by atoms with van der Waals surface area (Å²) in [6.07, 6.45) is 3.38. The molecule has 25 heavy (non-hydrogen) atoms. The lowest BCUT2D eigenvalue weighted by atomic mass is 9.98. The zero-order valence-electron chi connectivity index (χ0n) is 13.8. The molecule has 2 N–H and O–H groups in total. The highest BCUT2D eigenvalue weighted by atomic mass is 16.3. The SMILES string of the molecule is CC(O)c1cncc2c(=O)n3c(cc12)-c1[nH]c2ccccc2c1CC3. The molecular weight excluding hydrogens is 314 g/mol. The topological polar surface area (TPSA) is 70.9 Å². The van der Waals surface area contributed by atoms with Crippen LogP contribution in [0.1, 0.15) is 24.2 Å². The summed E-state index contributed by atoms with van der Waals surface area (Å²) < 4.78 is 1.81. The first-order chi connectivity index (χ1) is 12.1. The van der Waals surface area contributed by atoms with Crippen LogP contribution in [0.2, 0.25) is 0 Å². The molecule has 0 saturated heterocycles. The van der Waals surface area contributed by atoms with E-state index in [-0.39, 0.29) is 5.56 Å². The van der Waals surface area contributed by atoms with Crippen LogP contribution in [0.25, 0.3) is 33.1 Å². The van der Waals surface area contributed by atoms with E-state index in [1.54, 1.807) is 19.3 Å². The van der Waals surface area contributed by atoms with Crippen LogP contribution in [0.4, 0.5) is 0 Å². The van der Waals surface area contributed by atoms with E-state index in [1.165, 1.54) is 10.9 Å². The zero-order chi connectivity index (χ0) is 17.1. The summed E-state index contributed by atoms with van der Waals surface area (Å²) >= 11 is 0. The van der Waals surface area contributed by atoms with Crippen molar-refractivity contribution in [1.29, 1.82) is 0 Å². The van der Waals surface area contributed by atoms with Crippen molar-refractivity contribution in [1.82, 2.24) is 14.5 Å². The van der Waals surface area contributed by atoms with Gasteiger partial charge < -0.3 is 14.7 Å². The zero-order valence-corrected chi connectivity index (χ0v) is 13.8. The monoisotopic (exact) mass is 331 g/mol. The predicted molar refractivity (Wildman–Crippen MR) is 97.6 cm³/mol. The average Bonchev–Trinajstić information content (AvgIpc) is 3.00. The third-order valence-corrected chi connectivity index (χ3v) is 5.17. The standard InChI is InChI=1S/C20H17N3O2/c1-11(24)15-9-21-10-16-14(15)8-18-19-13(6-7-23(18)20(16)25)12-4-2-3-5-17(12)22-19/h2-5,8-11,22,24H,6-7H2,1H3. The average molecular weight is 331 g/mol. The van der Waals surface area contributed by atoms with E-state index in [9.17, 15) is 9.90 Å². The number of nitrogens with zero attached hydrogens (tertiary/aromatic N) is 2. The molecule has 1 atom stereocenters. The molecule has 1 aliphatic heterocycles. The lowest BCUT2D eigenvalue weighted by Crippen LogP contribution is -2.26. The predicted octanol–water partition coefficient (Wildman–Crippen LogP) is 3.15. The summed E-state index contributed by atoms with van der Waals surface area (Å²) in [4.78, 5) is 20.6. The number of para-hydroxylation sites is 1. The number of aryl methyl sites for hydroxylation is 1. The first kappa shape index (κ1) is 14.4. The maximum atomic E-state index is 13.0. The van der Waals surface area contributed by atoms with Crippen molar-refractivity contribution in [3.63, 3.8) is 0 Å². The van der Waals surface area contributed by atoms with Crippen molar-refractivity contribution in [2.24, 2.45) is 0 Å². The highest BCUT2D eigenvalue weighted by Crippen LogP contribution is 2.35. The fourth-order valence-corrected chi connectivity index (χ4v) is 3.95. The highest BCUT2D eigenvalue weighted by Gasteiger charge is 2.23. The number of fused-ring (bicyclic) bond motifs is 6. The number of hydrogen-bond donors (Lipinski definition) is 2. The van der Waals surface area contributed by atoms with Gasteiger partial charge in [0.2, 0.25) is 0 Å². The maximum absolute atomic E-state index is 13.0. The summed E-state index contributed by atoms with van der Waals surface area (Å²) in [6, 6.07) is 10.2. The molecule has 0 aliphatic carbocycles. The molecule has 0 saturated carbocycles. The number of aromatic nitrogens is 3. The number of aliphatic hydroxyl groups is 1. The molecule has 0 fully saturated rings. The van der Waals surface area contributed by atoms with Gasteiger partial charge in [-0.3, -0.25) is 9.78 Å². The Hall–Kier alpha value is -2.92. The number of aromatic amines is 1. The molecule has 4 heterocycles. The first-order valence-electron chi connectivity index (χ1n) is 8.44. The van der Waals surface area contributed by atoms with Gasteiger partial charge >= 0.3 is 0 Å². The van der Waals surface area contributed by atoms with E-state index in [4.69, 9.17) is 0 Å². The molecule has 5 nitrogen and oxygen atoms in total. The Kier molecular flexibility index (Phi) is 2.91. The normalized spacial score (nSPS) is 14.5. The van der Waals surface area contributed by atoms with E-state index >= 15 is 0 Å². The van der Waals surface area contributed by atoms with E-state index in [1.807, 2.05) is 22.8 Å². The molecule has 0 spiro atoms. The Morgan fingerprint density at radius 1 is 1.20 bits per heavy atom. The lowest BCUT2D eigenvalue weighted by molar-refractivity contribution is 0.200. The van der Waals surface area contributed by atoms with Crippen LogP contribution in [0.3, 0.4) is 0 Å². The van der Waals surface area contributed by atoms with Gasteiger partial charge in [-0.1, -0.05) is 18.2 Å². The molecule has 1 aromatic carbocycles. The van der Waals surface area contributed by atoms with Crippen molar-refractivity contribution in [2.75, 3.05) is 0 Å². The second-order valence-corrected chi connectivity index (χ2v) is 6.63. The van der Waals surface area contributed by atoms with E-state index in [2.05, 4.69) is 22.1 Å². The van der Waals surface area contributed by atoms with Crippen LogP contribution in [0.15, 0.2) is 47.5 Å². The summed E-state index contributed by atoms with van der Waals surface area (Å²) in [5, 5.41) is 12.6. The van der Waals surface area contributed by atoms with Crippen LogP contribution in [-0.4, -0.2) is 19.6 Å². The van der Waals surface area contributed by atoms with Crippen LogP contribution < -0.4 is 5.56 Å². The number of nitrogens with one attached hydrogen (secondary N) is 1. The number of aliphatic hydroxyl groups excluding tert-OH is 1. The van der Waals surface area contributed by atoms with E-state index < -0.39 is 6.10 Å². The summed E-state index contributed by atoms with van der Waals surface area (Å²) in [5.74, 6) is 0. The quantitative estimate of drug-likeness (QED) is 0.563. The fourth-order valence-electron chi connectivity index (χ4n) is 3.95. The summed E-state index contributed by atoms with van der Waals surface area (Å²) in [7, 11) is 0. The number of hydrogen-bond acceptors (Lipinski definition) is 3. The van der Waals surface area contributed by atoms with Gasteiger partial charge in [0.05, 0.1) is 22.9 Å². The van der Waals surface area contributed by atoms with Crippen LogP contribution >= 0.6 is 0 Å². The Balaban J connectivity index is 1.90. The van der Waals surface area contributed by atoms with E-state index in [0.717, 1.165) is 28.7 Å². The number of H-pyrrole nitrogens is 1. The largest absolute Gasteiger partial charge is 0.389 e. The Labute approximate surface area is 143 Å². The highest BCUT2D eigenvalue weighted by molar-refractivity contribution is 5.93. The minimum atomic E-state index is -0.676. The van der Waals surface area contributed by atoms with Gasteiger partial charge in [0, 0.05) is 35.4 Å². The van der Waals surface area contributed by atoms with Crippen molar-refractivity contribution in [3.05, 3.63) is 64.2 Å². The second-order valence-electron chi connectivity index (χ2n) is 6.63. The van der Waals surface area contributed by atoms with Crippen LogP contribution in [-0.2, 0) is 13.0 Å². The molecule has 3 aromatic heterocycles. The van der Waals surface area contributed by atoms with Crippen molar-refractivity contribution < 1.29 is 5.11 Å². The first-order valence-corrected chi connectivity index (χ1v) is 8.44.